The number of aromatic amines is 1. The Labute approximate surface area is 92.5 Å². The van der Waals surface area contributed by atoms with E-state index in [2.05, 4.69) is 5.10 Å². The van der Waals surface area contributed by atoms with Gasteiger partial charge in [-0.2, -0.15) is 0 Å². The van der Waals surface area contributed by atoms with Gasteiger partial charge in [0.1, 0.15) is 6.29 Å². The summed E-state index contributed by atoms with van der Waals surface area (Å²) >= 11 is 0. The topological polar surface area (TPSA) is 54.9 Å². The molecule has 2 rings (SSSR count). The van der Waals surface area contributed by atoms with E-state index in [0.717, 1.165) is 17.5 Å². The smallest absolute Gasteiger partial charge is 0.274 e. The number of aryl methyl sites for hydroxylation is 2. The highest BCUT2D eigenvalue weighted by Crippen LogP contribution is 2.18. The zero-order valence-electron chi connectivity index (χ0n) is 9.15. The third-order valence-corrected chi connectivity index (χ3v) is 2.54. The van der Waals surface area contributed by atoms with Gasteiger partial charge in [-0.05, 0) is 18.6 Å². The number of H-pyrrole nitrogens is 1. The summed E-state index contributed by atoms with van der Waals surface area (Å²) in [6.45, 7) is 1.84. The molecule has 1 heterocycles. The molecule has 4 heteroatoms. The van der Waals surface area contributed by atoms with Gasteiger partial charge in [-0.3, -0.25) is 19.4 Å². The fourth-order valence-electron chi connectivity index (χ4n) is 1.79. The van der Waals surface area contributed by atoms with Crippen LogP contribution in [0, 0.1) is 6.92 Å². The van der Waals surface area contributed by atoms with Gasteiger partial charge in [0.2, 0.25) is 0 Å². The molecule has 0 atom stereocenters. The third-order valence-electron chi connectivity index (χ3n) is 2.54. The van der Waals surface area contributed by atoms with Crippen molar-refractivity contribution in [2.75, 3.05) is 0 Å². The first kappa shape index (κ1) is 10.4. The van der Waals surface area contributed by atoms with Gasteiger partial charge in [-0.15, -0.1) is 0 Å². The number of rotatable bonds is 2. The average Bonchev–Trinajstić information content (AvgIpc) is 2.53. The lowest BCUT2D eigenvalue weighted by Crippen LogP contribution is -2.13. The van der Waals surface area contributed by atoms with E-state index in [1.807, 2.05) is 13.0 Å². The lowest BCUT2D eigenvalue weighted by molar-refractivity contribution is 0.112. The SMILES string of the molecule is Cc1[nH]n(C)c(=O)c1-c1cccc(C=O)c1. The Morgan fingerprint density at radius 1 is 1.38 bits per heavy atom. The molecule has 0 radical (unpaired) electrons. The molecule has 1 aromatic carbocycles. The van der Waals surface area contributed by atoms with Crippen LogP contribution in [0.15, 0.2) is 29.1 Å². The zero-order valence-corrected chi connectivity index (χ0v) is 9.15. The first-order chi connectivity index (χ1) is 7.63. The van der Waals surface area contributed by atoms with Gasteiger partial charge in [0.25, 0.3) is 5.56 Å². The fraction of sp³-hybridized carbons (Fsp3) is 0.167. The lowest BCUT2D eigenvalue weighted by atomic mass is 10.0. The van der Waals surface area contributed by atoms with Crippen LogP contribution < -0.4 is 5.56 Å². The van der Waals surface area contributed by atoms with E-state index in [0.29, 0.717) is 11.1 Å². The molecule has 0 aliphatic rings. The van der Waals surface area contributed by atoms with Gasteiger partial charge in [0, 0.05) is 18.3 Å². The van der Waals surface area contributed by atoms with Gasteiger partial charge >= 0.3 is 0 Å². The maximum Gasteiger partial charge on any atom is 0.274 e. The Balaban J connectivity index is 2.67. The van der Waals surface area contributed by atoms with E-state index >= 15 is 0 Å². The minimum absolute atomic E-state index is 0.0828. The average molecular weight is 216 g/mol. The molecule has 0 spiro atoms. The van der Waals surface area contributed by atoms with Crippen LogP contribution in [-0.2, 0) is 7.05 Å². The Kier molecular flexibility index (Phi) is 2.48. The number of hydrogen-bond acceptors (Lipinski definition) is 2. The highest BCUT2D eigenvalue weighted by Gasteiger charge is 2.11. The van der Waals surface area contributed by atoms with Crippen LogP contribution in [0.4, 0.5) is 0 Å². The summed E-state index contributed by atoms with van der Waals surface area (Å²) in [5.74, 6) is 0. The highest BCUT2D eigenvalue weighted by atomic mass is 16.1. The summed E-state index contributed by atoms with van der Waals surface area (Å²) in [5.41, 5.74) is 2.67. The fourth-order valence-corrected chi connectivity index (χ4v) is 1.79. The van der Waals surface area contributed by atoms with Crippen molar-refractivity contribution >= 4 is 6.29 Å². The van der Waals surface area contributed by atoms with Crippen molar-refractivity contribution in [2.24, 2.45) is 7.05 Å². The molecule has 1 N–H and O–H groups in total. The molecule has 0 bridgehead atoms. The second-order valence-corrected chi connectivity index (χ2v) is 3.72. The van der Waals surface area contributed by atoms with Crippen LogP contribution in [0.5, 0.6) is 0 Å². The van der Waals surface area contributed by atoms with Crippen LogP contribution in [0.2, 0.25) is 0 Å². The minimum Gasteiger partial charge on any atom is -0.300 e. The molecule has 0 aliphatic heterocycles. The maximum absolute atomic E-state index is 11.8. The lowest BCUT2D eigenvalue weighted by Gasteiger charge is -1.98. The van der Waals surface area contributed by atoms with Crippen molar-refractivity contribution in [3.05, 3.63) is 45.9 Å². The molecule has 0 unspecified atom stereocenters. The van der Waals surface area contributed by atoms with Crippen molar-refractivity contribution in [3.63, 3.8) is 0 Å². The van der Waals surface area contributed by atoms with Gasteiger partial charge in [-0.1, -0.05) is 18.2 Å². The third kappa shape index (κ3) is 1.58. The molecular formula is C12H12N2O2. The van der Waals surface area contributed by atoms with Crippen LogP contribution in [0.3, 0.4) is 0 Å². The number of hydrogen-bond donors (Lipinski definition) is 1. The van der Waals surface area contributed by atoms with Gasteiger partial charge in [-0.25, -0.2) is 0 Å². The Morgan fingerprint density at radius 3 is 2.69 bits per heavy atom. The van der Waals surface area contributed by atoms with Crippen LogP contribution in [0.25, 0.3) is 11.1 Å². The molecule has 0 amide bonds. The van der Waals surface area contributed by atoms with E-state index in [4.69, 9.17) is 0 Å². The molecule has 0 saturated carbocycles. The van der Waals surface area contributed by atoms with Gasteiger partial charge in [0.05, 0.1) is 5.56 Å². The van der Waals surface area contributed by atoms with Crippen LogP contribution in [0.1, 0.15) is 16.1 Å². The molecule has 1 aromatic heterocycles. The van der Waals surface area contributed by atoms with E-state index < -0.39 is 0 Å². The molecule has 16 heavy (non-hydrogen) atoms. The second-order valence-electron chi connectivity index (χ2n) is 3.72. The summed E-state index contributed by atoms with van der Waals surface area (Å²) < 4.78 is 1.43. The summed E-state index contributed by atoms with van der Waals surface area (Å²) in [4.78, 5) is 22.5. The van der Waals surface area contributed by atoms with E-state index in [1.165, 1.54) is 4.68 Å². The molecule has 0 saturated heterocycles. The van der Waals surface area contributed by atoms with E-state index in [1.54, 1.807) is 25.2 Å². The Morgan fingerprint density at radius 2 is 2.12 bits per heavy atom. The molecule has 0 fully saturated rings. The maximum atomic E-state index is 11.8. The Bertz CT molecular complexity index is 593. The van der Waals surface area contributed by atoms with Crippen molar-refractivity contribution in [2.45, 2.75) is 6.92 Å². The standard InChI is InChI=1S/C12H12N2O2/c1-8-11(12(16)14(2)13-8)10-5-3-4-9(6-10)7-15/h3-7,13H,1-2H3. The summed E-state index contributed by atoms with van der Waals surface area (Å²) in [7, 11) is 1.67. The number of benzene rings is 1. The molecular weight excluding hydrogens is 204 g/mol. The summed E-state index contributed by atoms with van der Waals surface area (Å²) in [5, 5.41) is 2.93. The van der Waals surface area contributed by atoms with Crippen LogP contribution >= 0.6 is 0 Å². The first-order valence-corrected chi connectivity index (χ1v) is 4.94. The van der Waals surface area contributed by atoms with E-state index in [9.17, 15) is 9.59 Å². The highest BCUT2D eigenvalue weighted by molar-refractivity contribution is 5.79. The number of aromatic nitrogens is 2. The van der Waals surface area contributed by atoms with Crippen LogP contribution in [-0.4, -0.2) is 16.1 Å². The van der Waals surface area contributed by atoms with Gasteiger partial charge in [0.15, 0.2) is 0 Å². The number of nitrogens with one attached hydrogen (secondary N) is 1. The van der Waals surface area contributed by atoms with Crippen molar-refractivity contribution in [1.29, 1.82) is 0 Å². The Hall–Kier alpha value is -2.10. The number of carbonyl (C=O) groups is 1. The first-order valence-electron chi connectivity index (χ1n) is 4.94. The largest absolute Gasteiger partial charge is 0.300 e. The molecule has 2 aromatic rings. The normalized spacial score (nSPS) is 10.4. The number of aldehydes is 1. The predicted octanol–water partition coefficient (Wildman–Crippen LogP) is 1.50. The number of carbonyl (C=O) groups excluding carboxylic acids is 1. The minimum atomic E-state index is -0.0828. The second kappa shape index (κ2) is 3.81. The molecule has 4 nitrogen and oxygen atoms in total. The monoisotopic (exact) mass is 216 g/mol. The molecule has 0 aliphatic carbocycles. The number of nitrogens with zero attached hydrogens (tertiary/aromatic N) is 1. The summed E-state index contributed by atoms with van der Waals surface area (Å²) in [6.07, 6.45) is 0.774. The van der Waals surface area contributed by atoms with Crippen molar-refractivity contribution in [1.82, 2.24) is 9.78 Å². The van der Waals surface area contributed by atoms with Gasteiger partial charge < -0.3 is 0 Å². The predicted molar refractivity (Wildman–Crippen MR) is 61.6 cm³/mol. The zero-order chi connectivity index (χ0) is 11.7. The van der Waals surface area contributed by atoms with E-state index in [-0.39, 0.29) is 5.56 Å². The molecule has 82 valence electrons. The van der Waals surface area contributed by atoms with Crippen molar-refractivity contribution < 1.29 is 4.79 Å². The van der Waals surface area contributed by atoms with Crippen molar-refractivity contribution in [3.8, 4) is 11.1 Å². The summed E-state index contributed by atoms with van der Waals surface area (Å²) in [6, 6.07) is 7.02. The quantitative estimate of drug-likeness (QED) is 0.773.